The molecule has 0 saturated heterocycles. The zero-order valence-electron chi connectivity index (χ0n) is 20.0. The molecule has 0 unspecified atom stereocenters. The number of amides is 1. The predicted octanol–water partition coefficient (Wildman–Crippen LogP) is 3.46. The number of hydrogen-bond donors (Lipinski definition) is 3. The van der Waals surface area contributed by atoms with Gasteiger partial charge in [-0.15, -0.1) is 11.3 Å². The third-order valence-corrected chi connectivity index (χ3v) is 7.10. The fourth-order valence-electron chi connectivity index (χ4n) is 3.90. The number of nitrogens with zero attached hydrogens (tertiary/aromatic N) is 6. The second kappa shape index (κ2) is 10.8. The maximum Gasteiger partial charge on any atom is 0.471 e. The van der Waals surface area contributed by atoms with Crippen LogP contribution in [0.1, 0.15) is 36.3 Å². The Morgan fingerprint density at radius 3 is 2.84 bits per heavy atom. The van der Waals surface area contributed by atoms with Gasteiger partial charge in [0, 0.05) is 29.9 Å². The number of hydrogen-bond acceptors (Lipinski definition) is 9. The zero-order chi connectivity index (χ0) is 26.9. The molecule has 1 amide bonds. The van der Waals surface area contributed by atoms with Gasteiger partial charge in [-0.25, -0.2) is 19.2 Å². The fourth-order valence-corrected chi connectivity index (χ4v) is 4.95. The van der Waals surface area contributed by atoms with Gasteiger partial charge in [-0.05, 0) is 31.9 Å². The van der Waals surface area contributed by atoms with Gasteiger partial charge in [0.25, 0.3) is 5.91 Å². The van der Waals surface area contributed by atoms with Gasteiger partial charge in [0.1, 0.15) is 16.4 Å². The monoisotopic (exact) mass is 563 g/mol. The van der Waals surface area contributed by atoms with E-state index in [4.69, 9.17) is 14.5 Å². The number of pyridine rings is 1. The summed E-state index contributed by atoms with van der Waals surface area (Å²) in [6, 6.07) is 4.45. The number of phosphoric acid groups is 1. The number of anilines is 1. The van der Waals surface area contributed by atoms with Crippen molar-refractivity contribution in [2.45, 2.75) is 38.6 Å². The molecular weight excluding hydrogens is 540 g/mol. The van der Waals surface area contributed by atoms with Crippen molar-refractivity contribution in [3.05, 3.63) is 53.8 Å². The number of nitrogens with one attached hydrogen (secondary N) is 1. The first-order valence-electron chi connectivity index (χ1n) is 11.5. The first kappa shape index (κ1) is 26.3. The molecule has 0 radical (unpaired) electrons. The van der Waals surface area contributed by atoms with Crippen LogP contribution >= 0.6 is 19.2 Å². The zero-order valence-corrected chi connectivity index (χ0v) is 21.7. The lowest BCUT2D eigenvalue weighted by Crippen LogP contribution is -2.33. The lowest BCUT2D eigenvalue weighted by atomic mass is 9.89. The molecule has 13 nitrogen and oxygen atoms in total. The van der Waals surface area contributed by atoms with E-state index in [9.17, 15) is 13.8 Å². The summed E-state index contributed by atoms with van der Waals surface area (Å²) in [5.41, 5.74) is 1.65. The molecule has 1 aliphatic rings. The van der Waals surface area contributed by atoms with E-state index >= 15 is 0 Å². The van der Waals surface area contributed by atoms with E-state index in [0.29, 0.717) is 28.6 Å². The van der Waals surface area contributed by atoms with Crippen molar-refractivity contribution in [3.8, 4) is 22.0 Å². The summed E-state index contributed by atoms with van der Waals surface area (Å²) in [7, 11) is -4.64. The largest absolute Gasteiger partial charge is 0.471 e. The molecule has 0 aliphatic heterocycles. The Hall–Kier alpha value is -3.33. The van der Waals surface area contributed by atoms with Crippen LogP contribution in [0, 0.1) is 5.95 Å². The lowest BCUT2D eigenvalue weighted by molar-refractivity contribution is -0.0226. The van der Waals surface area contributed by atoms with E-state index in [1.807, 2.05) is 6.92 Å². The van der Waals surface area contributed by atoms with Gasteiger partial charge in [-0.2, -0.15) is 14.6 Å². The number of carbonyl (C=O) groups excluding carboxylic acids is 1. The molecule has 1 fully saturated rings. The first-order valence-corrected chi connectivity index (χ1v) is 13.9. The number of rotatable bonds is 10. The smallest absolute Gasteiger partial charge is 0.378 e. The Bertz CT molecular complexity index is 1490. The molecule has 0 atom stereocenters. The number of carbonyl (C=O) groups is 1. The third kappa shape index (κ3) is 6.04. The fraction of sp³-hybridized carbons (Fsp3) is 0.318. The number of halogens is 1. The predicted molar refractivity (Wildman–Crippen MR) is 134 cm³/mol. The Kier molecular flexibility index (Phi) is 7.47. The third-order valence-electron chi connectivity index (χ3n) is 5.76. The molecular formula is C22H23FN7O6PS. The summed E-state index contributed by atoms with van der Waals surface area (Å²) in [6.07, 6.45) is 6.34. The SMILES string of the molecule is CCO[C@H]1C[C@@H](n2cc(NC(=O)c3csc(-c4cnn(COP(=O)(O)O)c4)n3)c(-c3cccc(F)n3)n2)C1. The summed E-state index contributed by atoms with van der Waals surface area (Å²) in [6.45, 7) is 2.13. The van der Waals surface area contributed by atoms with Gasteiger partial charge < -0.3 is 19.8 Å². The number of aromatic nitrogens is 6. The van der Waals surface area contributed by atoms with E-state index in [1.54, 1.807) is 22.3 Å². The number of phosphoric ester groups is 1. The molecule has 5 rings (SSSR count). The van der Waals surface area contributed by atoms with Crippen LogP contribution in [-0.4, -0.2) is 57.9 Å². The quantitative estimate of drug-likeness (QED) is 0.192. The Morgan fingerprint density at radius 2 is 2.11 bits per heavy atom. The topological polar surface area (TPSA) is 167 Å². The molecule has 0 bridgehead atoms. The molecule has 1 saturated carbocycles. The number of thiazole rings is 1. The van der Waals surface area contributed by atoms with Crippen molar-refractivity contribution >= 4 is 30.8 Å². The normalized spacial score (nSPS) is 17.4. The van der Waals surface area contributed by atoms with Gasteiger partial charge in [0.2, 0.25) is 5.95 Å². The van der Waals surface area contributed by atoms with Crippen LogP contribution in [0.25, 0.3) is 22.0 Å². The van der Waals surface area contributed by atoms with E-state index in [-0.39, 0.29) is 23.5 Å². The van der Waals surface area contributed by atoms with Crippen LogP contribution in [0.15, 0.2) is 42.2 Å². The van der Waals surface area contributed by atoms with Crippen LogP contribution in [0.3, 0.4) is 0 Å². The average molecular weight is 564 g/mol. The highest BCUT2D eigenvalue weighted by Crippen LogP contribution is 2.37. The molecule has 200 valence electrons. The average Bonchev–Trinajstić information content (AvgIpc) is 3.59. The standard InChI is InChI=1S/C22H23FN7O6PS/c1-2-35-15-6-14(7-15)30-10-17(20(28-30)16-4-3-5-19(23)25-16)26-21(31)18-11-38-22(27-18)13-8-24-29(9-13)12-36-37(32,33)34/h3-5,8-11,14-15H,2,6-7,12H2,1H3,(H,26,31)(H2,32,33,34)/t14-,15+. The molecule has 1 aliphatic carbocycles. The van der Waals surface area contributed by atoms with Crippen LogP contribution in [0.4, 0.5) is 10.1 Å². The second-order valence-corrected chi connectivity index (χ2v) is 10.5. The highest BCUT2D eigenvalue weighted by molar-refractivity contribution is 7.46. The summed E-state index contributed by atoms with van der Waals surface area (Å²) in [5, 5.41) is 13.4. The Labute approximate surface area is 219 Å². The van der Waals surface area contributed by atoms with Crippen molar-refractivity contribution in [2.24, 2.45) is 0 Å². The van der Waals surface area contributed by atoms with Crippen LogP contribution < -0.4 is 5.32 Å². The van der Waals surface area contributed by atoms with E-state index in [0.717, 1.165) is 12.8 Å². The molecule has 4 heterocycles. The van der Waals surface area contributed by atoms with Crippen LogP contribution in [0.5, 0.6) is 0 Å². The van der Waals surface area contributed by atoms with E-state index < -0.39 is 26.4 Å². The van der Waals surface area contributed by atoms with Gasteiger partial charge in [-0.1, -0.05) is 6.07 Å². The Balaban J connectivity index is 1.33. The van der Waals surface area contributed by atoms with Crippen molar-refractivity contribution < 1.29 is 32.8 Å². The highest BCUT2D eigenvalue weighted by atomic mass is 32.1. The molecule has 38 heavy (non-hydrogen) atoms. The minimum atomic E-state index is -4.64. The van der Waals surface area contributed by atoms with Crippen molar-refractivity contribution in [1.29, 1.82) is 0 Å². The molecule has 16 heteroatoms. The summed E-state index contributed by atoms with van der Waals surface area (Å²) >= 11 is 1.19. The molecule has 4 aromatic heterocycles. The molecule has 4 aromatic rings. The minimum Gasteiger partial charge on any atom is -0.378 e. The summed E-state index contributed by atoms with van der Waals surface area (Å²) in [5.74, 6) is -1.16. The number of ether oxygens (including phenoxy) is 1. The maximum atomic E-state index is 13.9. The molecule has 0 aromatic carbocycles. The summed E-state index contributed by atoms with van der Waals surface area (Å²) < 4.78 is 37.7. The van der Waals surface area contributed by atoms with Gasteiger partial charge in [0.05, 0.1) is 29.7 Å². The van der Waals surface area contributed by atoms with Gasteiger partial charge in [-0.3, -0.25) is 14.0 Å². The van der Waals surface area contributed by atoms with Crippen molar-refractivity contribution in [2.75, 3.05) is 11.9 Å². The minimum absolute atomic E-state index is 0.0847. The summed E-state index contributed by atoms with van der Waals surface area (Å²) in [4.78, 5) is 39.0. The van der Waals surface area contributed by atoms with Gasteiger partial charge >= 0.3 is 7.82 Å². The van der Waals surface area contributed by atoms with E-state index in [1.165, 1.54) is 40.5 Å². The van der Waals surface area contributed by atoms with Crippen LogP contribution in [0.2, 0.25) is 0 Å². The second-order valence-electron chi connectivity index (χ2n) is 8.43. The molecule has 0 spiro atoms. The highest BCUT2D eigenvalue weighted by Gasteiger charge is 2.33. The molecule has 3 N–H and O–H groups in total. The first-order chi connectivity index (χ1) is 18.2. The van der Waals surface area contributed by atoms with Crippen molar-refractivity contribution in [1.82, 2.24) is 29.5 Å². The lowest BCUT2D eigenvalue weighted by Gasteiger charge is -2.34. The van der Waals surface area contributed by atoms with Gasteiger partial charge in [0.15, 0.2) is 6.73 Å². The Morgan fingerprint density at radius 1 is 1.29 bits per heavy atom. The van der Waals surface area contributed by atoms with E-state index in [2.05, 4.69) is 30.0 Å². The maximum absolute atomic E-state index is 13.9. The van der Waals surface area contributed by atoms with Crippen LogP contribution in [-0.2, 0) is 20.6 Å². The van der Waals surface area contributed by atoms with Crippen molar-refractivity contribution in [3.63, 3.8) is 0 Å².